The quantitative estimate of drug-likeness (QED) is 0.0373. The van der Waals surface area contributed by atoms with Gasteiger partial charge in [0.15, 0.2) is 6.10 Å². The van der Waals surface area contributed by atoms with E-state index in [2.05, 4.69) is 172 Å². The minimum Gasteiger partial charge on any atom is -0.462 e. The van der Waals surface area contributed by atoms with E-state index < -0.39 is 6.10 Å². The second-order valence-electron chi connectivity index (χ2n) is 20.0. The van der Waals surface area contributed by atoms with Crippen molar-refractivity contribution in [2.45, 2.75) is 264 Å². The Labute approximate surface area is 469 Å². The lowest BCUT2D eigenvalue weighted by Crippen LogP contribution is -2.28. The first-order valence-corrected chi connectivity index (χ1v) is 31.0. The lowest BCUT2D eigenvalue weighted by Gasteiger charge is -2.15. The van der Waals surface area contributed by atoms with Crippen LogP contribution in [0.25, 0.3) is 0 Å². The van der Waals surface area contributed by atoms with E-state index in [4.69, 9.17) is 9.47 Å². The van der Waals surface area contributed by atoms with Gasteiger partial charge in [0.25, 0.3) is 0 Å². The molecule has 0 saturated heterocycles. The van der Waals surface area contributed by atoms with Crippen molar-refractivity contribution in [3.63, 3.8) is 0 Å². The first kappa shape index (κ1) is 71.5. The van der Waals surface area contributed by atoms with Crippen molar-refractivity contribution in [1.29, 1.82) is 0 Å². The molecule has 5 nitrogen and oxygen atoms in total. The summed E-state index contributed by atoms with van der Waals surface area (Å²) >= 11 is 0. The fourth-order valence-corrected chi connectivity index (χ4v) is 8.25. The maximum atomic E-state index is 12.3. The maximum Gasteiger partial charge on any atom is 0.306 e. The molecule has 0 fully saturated rings. The topological polar surface area (TPSA) is 72.8 Å². The SMILES string of the molecule is CC/C=C\C/C=C\C/C=C\C/C=C\C/C=C\C/C=C\C/C=C\C/C=C\C/C=C\CCCCCC(=O)OC(CO)COC(=O)CCCCCCCCCCCCCCCCCCCC/C=C\C/C=C\C/C=C\C/C=C\CC. The molecule has 0 aliphatic carbocycles. The van der Waals surface area contributed by atoms with Crippen molar-refractivity contribution >= 4 is 11.9 Å². The lowest BCUT2D eigenvalue weighted by atomic mass is 10.0. The van der Waals surface area contributed by atoms with Gasteiger partial charge in [-0.05, 0) is 122 Å². The van der Waals surface area contributed by atoms with Gasteiger partial charge in [-0.3, -0.25) is 9.59 Å². The molecule has 428 valence electrons. The molecule has 0 bridgehead atoms. The summed E-state index contributed by atoms with van der Waals surface area (Å²) in [6.07, 6.45) is 99.4. The molecule has 0 heterocycles. The average Bonchev–Trinajstić information content (AvgIpc) is 3.42. The van der Waals surface area contributed by atoms with Crippen LogP contribution in [0.3, 0.4) is 0 Å². The summed E-state index contributed by atoms with van der Waals surface area (Å²) in [7, 11) is 0. The van der Waals surface area contributed by atoms with E-state index in [1.807, 2.05) is 0 Å². The Morgan fingerprint density at radius 2 is 0.526 bits per heavy atom. The van der Waals surface area contributed by atoms with Crippen molar-refractivity contribution in [2.24, 2.45) is 0 Å². The maximum absolute atomic E-state index is 12.3. The van der Waals surface area contributed by atoms with Crippen LogP contribution < -0.4 is 0 Å². The molecule has 0 radical (unpaired) electrons. The van der Waals surface area contributed by atoms with Crippen LogP contribution in [0.4, 0.5) is 0 Å². The minimum absolute atomic E-state index is 0.0878. The zero-order valence-electron chi connectivity index (χ0n) is 49.0. The number of esters is 2. The molecule has 1 N–H and O–H groups in total. The Hall–Kier alpha value is -4.48. The van der Waals surface area contributed by atoms with E-state index in [1.54, 1.807) is 0 Å². The second kappa shape index (κ2) is 64.8. The monoisotopic (exact) mass is 1050 g/mol. The van der Waals surface area contributed by atoms with Crippen molar-refractivity contribution in [2.75, 3.05) is 13.2 Å². The number of unbranched alkanes of at least 4 members (excludes halogenated alkanes) is 21. The van der Waals surface area contributed by atoms with Gasteiger partial charge in [0.05, 0.1) is 6.61 Å². The number of allylic oxidation sites excluding steroid dienone is 26. The fourth-order valence-electron chi connectivity index (χ4n) is 8.25. The van der Waals surface area contributed by atoms with Crippen LogP contribution in [0.1, 0.15) is 258 Å². The van der Waals surface area contributed by atoms with Crippen LogP contribution in [0.15, 0.2) is 158 Å². The molecule has 0 saturated carbocycles. The minimum atomic E-state index is -0.802. The second-order valence-corrected chi connectivity index (χ2v) is 20.0. The first-order chi connectivity index (χ1) is 37.6. The summed E-state index contributed by atoms with van der Waals surface area (Å²) in [5.74, 6) is -0.634. The average molecular weight is 1050 g/mol. The molecule has 0 aliphatic rings. The normalized spacial score (nSPS) is 13.4. The van der Waals surface area contributed by atoms with Crippen molar-refractivity contribution in [3.8, 4) is 0 Å². The highest BCUT2D eigenvalue weighted by Crippen LogP contribution is 2.16. The Balaban J connectivity index is 3.59. The summed E-state index contributed by atoms with van der Waals surface area (Å²) in [5, 5.41) is 9.67. The molecule has 0 aromatic carbocycles. The van der Waals surface area contributed by atoms with Gasteiger partial charge < -0.3 is 14.6 Å². The molecule has 0 aromatic rings. The van der Waals surface area contributed by atoms with Crippen molar-refractivity contribution in [3.05, 3.63) is 158 Å². The number of carbonyl (C=O) groups is 2. The number of hydrogen-bond acceptors (Lipinski definition) is 5. The molecule has 0 amide bonds. The number of carbonyl (C=O) groups excluding carboxylic acids is 2. The van der Waals surface area contributed by atoms with E-state index >= 15 is 0 Å². The number of hydrogen-bond donors (Lipinski definition) is 1. The molecular formula is C71H114O5. The van der Waals surface area contributed by atoms with Gasteiger partial charge >= 0.3 is 11.9 Å². The Bertz CT molecular complexity index is 1660. The lowest BCUT2D eigenvalue weighted by molar-refractivity contribution is -0.161. The third kappa shape index (κ3) is 62.1. The highest BCUT2D eigenvalue weighted by atomic mass is 16.6. The van der Waals surface area contributed by atoms with Crippen LogP contribution in [-0.2, 0) is 19.1 Å². The standard InChI is InChI=1S/C71H114O5/c1-3-5-7-9-11-13-15-17-19-21-23-25-27-29-31-33-35-37-39-41-43-45-47-49-51-53-55-57-59-61-63-65-70(73)75-68-69(67-72)76-71(74)66-64-62-60-58-56-54-52-50-48-46-44-42-40-38-36-34-32-30-28-26-24-22-20-18-16-14-12-10-8-6-4-2/h5-8,11-14,17-20,23-26,30,32,36,38,42,44,48,50,54,56,69,72H,3-4,9-10,15-16,21-22,27-29,31,33-35,37,39-41,43,45-47,49,51-53,55,57-68H2,1-2H3/b7-5-,8-6-,13-11-,14-12-,19-17-,20-18-,25-23-,26-24-,32-30-,38-36-,44-42-,50-48-,56-54-. The van der Waals surface area contributed by atoms with Crippen LogP contribution in [0, 0.1) is 0 Å². The van der Waals surface area contributed by atoms with E-state index in [0.29, 0.717) is 12.8 Å². The largest absolute Gasteiger partial charge is 0.462 e. The third-order valence-electron chi connectivity index (χ3n) is 12.8. The number of aliphatic hydroxyl groups excluding tert-OH is 1. The van der Waals surface area contributed by atoms with Gasteiger partial charge in [0, 0.05) is 12.8 Å². The van der Waals surface area contributed by atoms with Crippen LogP contribution >= 0.6 is 0 Å². The Morgan fingerprint density at radius 1 is 0.303 bits per heavy atom. The molecule has 76 heavy (non-hydrogen) atoms. The van der Waals surface area contributed by atoms with Gasteiger partial charge in [-0.2, -0.15) is 0 Å². The van der Waals surface area contributed by atoms with Crippen LogP contribution in [0.5, 0.6) is 0 Å². The summed E-state index contributed by atoms with van der Waals surface area (Å²) in [4.78, 5) is 24.6. The van der Waals surface area contributed by atoms with Crippen molar-refractivity contribution in [1.82, 2.24) is 0 Å². The summed E-state index contributed by atoms with van der Waals surface area (Å²) in [6, 6.07) is 0. The van der Waals surface area contributed by atoms with Crippen LogP contribution in [0.2, 0.25) is 0 Å². The highest BCUT2D eigenvalue weighted by Gasteiger charge is 2.16. The number of aliphatic hydroxyl groups is 1. The number of rotatable bonds is 55. The Kier molecular flexibility index (Phi) is 61.0. The summed E-state index contributed by atoms with van der Waals surface area (Å²) < 4.78 is 10.7. The third-order valence-corrected chi connectivity index (χ3v) is 12.8. The smallest absolute Gasteiger partial charge is 0.306 e. The number of ether oxygens (including phenoxy) is 2. The molecular weight excluding hydrogens is 933 g/mol. The summed E-state index contributed by atoms with van der Waals surface area (Å²) in [5.41, 5.74) is 0. The van der Waals surface area contributed by atoms with E-state index in [9.17, 15) is 14.7 Å². The van der Waals surface area contributed by atoms with E-state index in [0.717, 1.165) is 128 Å². The van der Waals surface area contributed by atoms with Crippen molar-refractivity contribution < 1.29 is 24.2 Å². The molecule has 0 aliphatic heterocycles. The highest BCUT2D eigenvalue weighted by molar-refractivity contribution is 5.70. The Morgan fingerprint density at radius 3 is 0.803 bits per heavy atom. The van der Waals surface area contributed by atoms with Gasteiger partial charge in [0.1, 0.15) is 6.61 Å². The molecule has 0 rings (SSSR count). The van der Waals surface area contributed by atoms with Gasteiger partial charge in [-0.25, -0.2) is 0 Å². The van der Waals surface area contributed by atoms with E-state index in [1.165, 1.54) is 103 Å². The molecule has 0 spiro atoms. The van der Waals surface area contributed by atoms with Gasteiger partial charge in [0.2, 0.25) is 0 Å². The molecule has 1 unspecified atom stereocenters. The first-order valence-electron chi connectivity index (χ1n) is 31.0. The molecule has 5 heteroatoms. The summed E-state index contributed by atoms with van der Waals surface area (Å²) in [6.45, 7) is 3.89. The van der Waals surface area contributed by atoms with E-state index in [-0.39, 0.29) is 25.2 Å². The predicted octanol–water partition coefficient (Wildman–Crippen LogP) is 21.5. The predicted molar refractivity (Wildman–Crippen MR) is 334 cm³/mol. The molecule has 0 aromatic heterocycles. The van der Waals surface area contributed by atoms with Gasteiger partial charge in [-0.1, -0.05) is 281 Å². The zero-order valence-corrected chi connectivity index (χ0v) is 49.0. The van der Waals surface area contributed by atoms with Gasteiger partial charge in [-0.15, -0.1) is 0 Å². The fraction of sp³-hybridized carbons (Fsp3) is 0.606. The zero-order chi connectivity index (χ0) is 54.8. The van der Waals surface area contributed by atoms with Crippen LogP contribution in [-0.4, -0.2) is 36.4 Å². The molecule has 1 atom stereocenters.